The van der Waals surface area contributed by atoms with Crippen LogP contribution in [-0.4, -0.2) is 73.1 Å². The van der Waals surface area contributed by atoms with E-state index in [4.69, 9.17) is 16.6 Å². The van der Waals surface area contributed by atoms with Crippen LogP contribution in [0.5, 0.6) is 0 Å². The number of aromatic amines is 1. The summed E-state index contributed by atoms with van der Waals surface area (Å²) in [6.45, 7) is 6.50. The van der Waals surface area contributed by atoms with E-state index in [1.807, 2.05) is 30.3 Å². The molecule has 1 N–H and O–H groups in total. The number of anilines is 1. The lowest BCUT2D eigenvalue weighted by Gasteiger charge is -2.36. The minimum absolute atomic E-state index is 0.724. The van der Waals surface area contributed by atoms with E-state index >= 15 is 0 Å². The van der Waals surface area contributed by atoms with Gasteiger partial charge in [-0.25, -0.2) is 4.98 Å². The number of imidazole rings is 1. The van der Waals surface area contributed by atoms with Crippen molar-refractivity contribution >= 4 is 28.3 Å². The van der Waals surface area contributed by atoms with Crippen molar-refractivity contribution < 1.29 is 0 Å². The Morgan fingerprint density at radius 1 is 1.07 bits per heavy atom. The van der Waals surface area contributed by atoms with E-state index in [2.05, 4.69) is 45.9 Å². The van der Waals surface area contributed by atoms with Gasteiger partial charge in [0.2, 0.25) is 0 Å². The van der Waals surface area contributed by atoms with Gasteiger partial charge in [0.1, 0.15) is 5.82 Å². The van der Waals surface area contributed by atoms with E-state index in [0.29, 0.717) is 0 Å². The molecule has 27 heavy (non-hydrogen) atoms. The van der Waals surface area contributed by atoms with Gasteiger partial charge >= 0.3 is 0 Å². The number of nitrogens with one attached hydrogen (secondary N) is 1. The maximum atomic E-state index is 6.50. The van der Waals surface area contributed by atoms with Gasteiger partial charge in [-0.05, 0) is 44.4 Å². The standard InChI is InChI=1S/C21H26ClN5/c1-25(2)9-10-26-11-13-27(14-12-26)16-7-8-18(22)17(15-16)21-23-19-5-3-4-6-20(19)24-21/h3-8,15H,9-14H2,1-2H3,(H,23,24). The third kappa shape index (κ3) is 4.10. The highest BCUT2D eigenvalue weighted by molar-refractivity contribution is 6.33. The molecule has 1 aliphatic rings. The Balaban J connectivity index is 1.51. The molecule has 1 saturated heterocycles. The predicted molar refractivity (Wildman–Crippen MR) is 114 cm³/mol. The summed E-state index contributed by atoms with van der Waals surface area (Å²) >= 11 is 6.50. The lowest BCUT2D eigenvalue weighted by atomic mass is 10.1. The van der Waals surface area contributed by atoms with Crippen LogP contribution in [0.15, 0.2) is 42.5 Å². The molecule has 6 heteroatoms. The Morgan fingerprint density at radius 2 is 1.85 bits per heavy atom. The molecule has 0 atom stereocenters. The van der Waals surface area contributed by atoms with Gasteiger partial charge in [-0.2, -0.15) is 0 Å². The normalized spacial score (nSPS) is 15.8. The van der Waals surface area contributed by atoms with Crippen molar-refractivity contribution in [3.05, 3.63) is 47.5 Å². The maximum absolute atomic E-state index is 6.50. The Kier molecular flexibility index (Phi) is 5.34. The highest BCUT2D eigenvalue weighted by Gasteiger charge is 2.19. The molecule has 1 fully saturated rings. The number of hydrogen-bond acceptors (Lipinski definition) is 4. The number of halogens is 1. The monoisotopic (exact) mass is 383 g/mol. The molecule has 0 amide bonds. The van der Waals surface area contributed by atoms with Crippen LogP contribution >= 0.6 is 11.6 Å². The molecule has 0 radical (unpaired) electrons. The van der Waals surface area contributed by atoms with Gasteiger partial charge in [0.05, 0.1) is 16.1 Å². The lowest BCUT2D eigenvalue weighted by Crippen LogP contribution is -2.48. The molecule has 1 aromatic heterocycles. The average Bonchev–Trinajstić information content (AvgIpc) is 3.11. The summed E-state index contributed by atoms with van der Waals surface area (Å²) < 4.78 is 0. The largest absolute Gasteiger partial charge is 0.369 e. The molecule has 2 heterocycles. The van der Waals surface area contributed by atoms with Crippen LogP contribution in [0.3, 0.4) is 0 Å². The second kappa shape index (κ2) is 7.89. The number of benzene rings is 2. The van der Waals surface area contributed by atoms with E-state index in [1.165, 1.54) is 5.69 Å². The van der Waals surface area contributed by atoms with Gasteiger partial charge in [0.25, 0.3) is 0 Å². The SMILES string of the molecule is CN(C)CCN1CCN(c2ccc(Cl)c(-c3nc4ccccc4[nH]3)c2)CC1. The molecule has 0 spiro atoms. The second-order valence-electron chi connectivity index (χ2n) is 7.40. The maximum Gasteiger partial charge on any atom is 0.140 e. The number of piperazine rings is 1. The molecule has 1 aliphatic heterocycles. The number of fused-ring (bicyclic) bond motifs is 1. The molecule has 0 aliphatic carbocycles. The number of aromatic nitrogens is 2. The van der Waals surface area contributed by atoms with E-state index in [1.54, 1.807) is 0 Å². The topological polar surface area (TPSA) is 38.4 Å². The lowest BCUT2D eigenvalue weighted by molar-refractivity contribution is 0.229. The van der Waals surface area contributed by atoms with Gasteiger partial charge in [-0.3, -0.25) is 4.90 Å². The fourth-order valence-corrected chi connectivity index (χ4v) is 3.75. The van der Waals surface area contributed by atoms with Crippen molar-refractivity contribution in [2.45, 2.75) is 0 Å². The zero-order chi connectivity index (χ0) is 18.8. The molecule has 4 rings (SSSR count). The molecule has 0 bridgehead atoms. The molecular formula is C21H26ClN5. The molecule has 2 aromatic carbocycles. The smallest absolute Gasteiger partial charge is 0.140 e. The van der Waals surface area contributed by atoms with Crippen molar-refractivity contribution in [3.8, 4) is 11.4 Å². The zero-order valence-corrected chi connectivity index (χ0v) is 16.7. The predicted octanol–water partition coefficient (Wildman–Crippen LogP) is 3.57. The van der Waals surface area contributed by atoms with Gasteiger partial charge in [-0.15, -0.1) is 0 Å². The van der Waals surface area contributed by atoms with E-state index < -0.39 is 0 Å². The summed E-state index contributed by atoms with van der Waals surface area (Å²) in [5.41, 5.74) is 4.16. The molecule has 142 valence electrons. The fraction of sp³-hybridized carbons (Fsp3) is 0.381. The first-order valence-corrected chi connectivity index (χ1v) is 9.84. The van der Waals surface area contributed by atoms with Gasteiger partial charge < -0.3 is 14.8 Å². The van der Waals surface area contributed by atoms with Gasteiger partial charge in [-0.1, -0.05) is 23.7 Å². The zero-order valence-electron chi connectivity index (χ0n) is 16.0. The highest BCUT2D eigenvalue weighted by Crippen LogP contribution is 2.31. The van der Waals surface area contributed by atoms with Crippen LogP contribution in [0.1, 0.15) is 0 Å². The van der Waals surface area contributed by atoms with Crippen molar-refractivity contribution in [3.63, 3.8) is 0 Å². The average molecular weight is 384 g/mol. The van der Waals surface area contributed by atoms with Crippen LogP contribution in [0.2, 0.25) is 5.02 Å². The summed E-state index contributed by atoms with van der Waals surface area (Å²) in [6, 6.07) is 14.3. The molecule has 0 saturated carbocycles. The Hall–Kier alpha value is -2.08. The van der Waals surface area contributed by atoms with Crippen LogP contribution in [0, 0.1) is 0 Å². The number of H-pyrrole nitrogens is 1. The summed E-state index contributed by atoms with van der Waals surface area (Å²) in [6.07, 6.45) is 0. The summed E-state index contributed by atoms with van der Waals surface area (Å²) in [7, 11) is 4.26. The van der Waals surface area contributed by atoms with Crippen molar-refractivity contribution in [1.82, 2.24) is 19.8 Å². The van der Waals surface area contributed by atoms with E-state index in [-0.39, 0.29) is 0 Å². The number of hydrogen-bond donors (Lipinski definition) is 1. The molecule has 5 nitrogen and oxygen atoms in total. The first-order chi connectivity index (χ1) is 13.1. The van der Waals surface area contributed by atoms with Crippen LogP contribution in [-0.2, 0) is 0 Å². The molecular weight excluding hydrogens is 358 g/mol. The van der Waals surface area contributed by atoms with Gasteiger partial charge in [0.15, 0.2) is 0 Å². The van der Waals surface area contributed by atoms with Gasteiger partial charge in [0, 0.05) is 50.5 Å². The minimum Gasteiger partial charge on any atom is -0.369 e. The van der Waals surface area contributed by atoms with Crippen LogP contribution < -0.4 is 4.90 Å². The van der Waals surface area contributed by atoms with Crippen molar-refractivity contribution in [1.29, 1.82) is 0 Å². The van der Waals surface area contributed by atoms with Crippen LogP contribution in [0.4, 0.5) is 5.69 Å². The van der Waals surface area contributed by atoms with E-state index in [9.17, 15) is 0 Å². The number of para-hydroxylation sites is 2. The third-order valence-corrected chi connectivity index (χ3v) is 5.52. The van der Waals surface area contributed by atoms with Crippen LogP contribution in [0.25, 0.3) is 22.4 Å². The summed E-state index contributed by atoms with van der Waals surface area (Å²) in [5.74, 6) is 0.827. The first-order valence-electron chi connectivity index (χ1n) is 9.47. The summed E-state index contributed by atoms with van der Waals surface area (Å²) in [4.78, 5) is 15.3. The highest BCUT2D eigenvalue weighted by atomic mass is 35.5. The minimum atomic E-state index is 0.724. The quantitative estimate of drug-likeness (QED) is 0.731. The Labute approximate surface area is 165 Å². The molecule has 0 unspecified atom stereocenters. The second-order valence-corrected chi connectivity index (χ2v) is 7.81. The fourth-order valence-electron chi connectivity index (χ4n) is 3.54. The molecule has 3 aromatic rings. The van der Waals surface area contributed by atoms with Crippen molar-refractivity contribution in [2.24, 2.45) is 0 Å². The number of rotatable bonds is 5. The van der Waals surface area contributed by atoms with E-state index in [0.717, 1.165) is 66.7 Å². The summed E-state index contributed by atoms with van der Waals surface area (Å²) in [5, 5.41) is 0.724. The first kappa shape index (κ1) is 18.3. The Morgan fingerprint density at radius 3 is 2.59 bits per heavy atom. The Bertz CT molecular complexity index is 879. The van der Waals surface area contributed by atoms with Crippen molar-refractivity contribution in [2.75, 3.05) is 58.3 Å². The number of nitrogens with zero attached hydrogens (tertiary/aromatic N) is 4. The third-order valence-electron chi connectivity index (χ3n) is 5.20. The number of likely N-dealkylation sites (N-methyl/N-ethyl adjacent to an activating group) is 1.